The van der Waals surface area contributed by atoms with Crippen molar-refractivity contribution >= 4 is 16.2 Å². The zero-order chi connectivity index (χ0) is 4.00. The number of hydrogen-bond donors (Lipinski definition) is 0. The molecule has 0 amide bonds. The van der Waals surface area contributed by atoms with Gasteiger partial charge in [0.1, 0.15) is 0 Å². The molecule has 0 saturated heterocycles. The second kappa shape index (κ2) is 49.9. The van der Waals surface area contributed by atoms with Crippen molar-refractivity contribution < 1.29 is 25.6 Å². The zero-order valence-electron chi connectivity index (χ0n) is 1.88. The predicted octanol–water partition coefficient (Wildman–Crippen LogP) is -0.889. The van der Waals surface area contributed by atoms with Gasteiger partial charge in [-0.05, 0) is 0 Å². The van der Waals surface area contributed by atoms with Gasteiger partial charge >= 0.3 is 41.9 Å². The summed E-state index contributed by atoms with van der Waals surface area (Å²) in [6, 6.07) is 0. The van der Waals surface area contributed by atoms with Crippen molar-refractivity contribution in [2.45, 2.75) is 0 Å². The van der Waals surface area contributed by atoms with Gasteiger partial charge in [0, 0.05) is 0 Å². The fraction of sp³-hybridized carbons (Fsp3) is 0. The van der Waals surface area contributed by atoms with Crippen LogP contribution in [-0.4, -0.2) is 16.2 Å². The second-order valence-corrected chi connectivity index (χ2v) is 0. The molecule has 0 saturated carbocycles. The molecule has 0 aliphatic carbocycles. The van der Waals surface area contributed by atoms with E-state index in [-0.39, 0.29) is 0 Å². The van der Waals surface area contributed by atoms with E-state index in [1.54, 1.807) is 0 Å². The molecule has 0 atom stereocenters. The van der Waals surface area contributed by atoms with E-state index in [4.69, 9.17) is 7.38 Å². The van der Waals surface area contributed by atoms with E-state index in [0.29, 0.717) is 16.2 Å². The van der Waals surface area contributed by atoms with E-state index in [2.05, 4.69) is 0 Å². The Bertz CT molecular complexity index is 8.00. The molecule has 4 heteroatoms. The summed E-state index contributed by atoms with van der Waals surface area (Å²) in [5.74, 6) is 0. The molecule has 0 unspecified atom stereocenters. The van der Waals surface area contributed by atoms with Crippen LogP contribution in [0.25, 0.3) is 0 Å². The van der Waals surface area contributed by atoms with Crippen LogP contribution in [0.4, 0.5) is 0 Å². The third kappa shape index (κ3) is 14.9. The van der Waals surface area contributed by atoms with Gasteiger partial charge in [0.15, 0.2) is 0 Å². The van der Waals surface area contributed by atoms with Crippen molar-refractivity contribution in [3.8, 4) is 0 Å². The molecule has 24 valence electrons. The summed E-state index contributed by atoms with van der Waals surface area (Å²) in [5.41, 5.74) is 0. The molecule has 0 spiro atoms. The van der Waals surface area contributed by atoms with Crippen LogP contribution in [0.2, 0.25) is 0 Å². The van der Waals surface area contributed by atoms with Crippen molar-refractivity contribution in [2.75, 3.05) is 0 Å². The van der Waals surface area contributed by atoms with Crippen LogP contribution in [0.1, 0.15) is 0 Å². The predicted molar refractivity (Wildman–Crippen MR) is 8.52 cm³/mol. The van der Waals surface area contributed by atoms with Crippen LogP contribution in [0.3, 0.4) is 0 Å². The van der Waals surface area contributed by atoms with Crippen molar-refractivity contribution in [2.24, 2.45) is 0 Å². The molecule has 0 aliphatic heterocycles. The molecule has 0 radical (unpaired) electrons. The van der Waals surface area contributed by atoms with E-state index >= 15 is 0 Å². The quantitative estimate of drug-likeness (QED) is 0.432. The summed E-state index contributed by atoms with van der Waals surface area (Å²) in [4.78, 5) is 0. The van der Waals surface area contributed by atoms with Crippen molar-refractivity contribution in [1.82, 2.24) is 0 Å². The van der Waals surface area contributed by atoms with Crippen LogP contribution < -0.4 is 0 Å². The maximum atomic E-state index is 8.28. The molecule has 0 aromatic heterocycles. The summed E-state index contributed by atoms with van der Waals surface area (Å²) < 4.78 is 16.5. The Morgan fingerprint density at radius 3 is 1.25 bits per heavy atom. The molecule has 0 bridgehead atoms. The second-order valence-electron chi connectivity index (χ2n) is 0. The molecular formula is HAlO2Ru. The van der Waals surface area contributed by atoms with Crippen LogP contribution in [0.5, 0.6) is 0 Å². The van der Waals surface area contributed by atoms with Gasteiger partial charge in [-0.2, -0.15) is 0 Å². The SMILES string of the molecule is [O]=[AlH].[O]=[Ru]. The first kappa shape index (κ1) is 8.83. The van der Waals surface area contributed by atoms with Gasteiger partial charge in [0.25, 0.3) is 0 Å². The van der Waals surface area contributed by atoms with Gasteiger partial charge in [0.2, 0.25) is 0 Å². The Hall–Kier alpha value is 0.756. The van der Waals surface area contributed by atoms with Crippen LogP contribution in [0, 0.1) is 0 Å². The monoisotopic (exact) mass is 162 g/mol. The first-order valence-corrected chi connectivity index (χ1v) is 1.72. The van der Waals surface area contributed by atoms with Crippen LogP contribution in [-0.2, 0) is 25.6 Å². The van der Waals surface area contributed by atoms with Crippen LogP contribution in [0.15, 0.2) is 0 Å². The van der Waals surface area contributed by atoms with Crippen molar-refractivity contribution in [1.29, 1.82) is 0 Å². The van der Waals surface area contributed by atoms with E-state index in [0.717, 1.165) is 18.3 Å². The molecule has 0 aromatic rings. The van der Waals surface area contributed by atoms with Gasteiger partial charge in [-0.3, -0.25) is 0 Å². The average Bonchev–Trinajstić information content (AvgIpc) is 1.50. The first-order valence-electron chi connectivity index (χ1n) is 0.433. The summed E-state index contributed by atoms with van der Waals surface area (Å²) in [6.45, 7) is 0. The van der Waals surface area contributed by atoms with Gasteiger partial charge in [-0.25, -0.2) is 0 Å². The minimum absolute atomic E-state index is 0.611. The first-order chi connectivity index (χ1) is 2.00. The molecule has 0 heterocycles. The zero-order valence-corrected chi connectivity index (χ0v) is 5.03. The topological polar surface area (TPSA) is 34.1 Å². The van der Waals surface area contributed by atoms with Crippen molar-refractivity contribution in [3.05, 3.63) is 0 Å². The molecular weight excluding hydrogens is 160 g/mol. The number of rotatable bonds is 0. The van der Waals surface area contributed by atoms with Gasteiger partial charge in [-0.1, -0.05) is 0 Å². The summed E-state index contributed by atoms with van der Waals surface area (Å²) >= 11 is 1.71. The molecule has 2 nitrogen and oxygen atoms in total. The summed E-state index contributed by atoms with van der Waals surface area (Å²) in [7, 11) is 0. The molecule has 4 heavy (non-hydrogen) atoms. The fourth-order valence-electron chi connectivity index (χ4n) is 0. The van der Waals surface area contributed by atoms with E-state index in [1.807, 2.05) is 0 Å². The minimum atomic E-state index is 0.611. The third-order valence-electron chi connectivity index (χ3n) is 0. The Balaban J connectivity index is 0. The van der Waals surface area contributed by atoms with Gasteiger partial charge in [-0.15, -0.1) is 0 Å². The maximum absolute atomic E-state index is 8.28. The molecule has 0 fully saturated rings. The molecule has 0 aliphatic rings. The number of hydrogen-bond acceptors (Lipinski definition) is 2. The fourth-order valence-corrected chi connectivity index (χ4v) is 0. The van der Waals surface area contributed by atoms with E-state index in [9.17, 15) is 0 Å². The summed E-state index contributed by atoms with van der Waals surface area (Å²) in [6.07, 6.45) is 0. The third-order valence-corrected chi connectivity index (χ3v) is 0. The van der Waals surface area contributed by atoms with Gasteiger partial charge in [0.05, 0.1) is 0 Å². The average molecular weight is 161 g/mol. The van der Waals surface area contributed by atoms with E-state index < -0.39 is 0 Å². The molecule has 0 rings (SSSR count). The molecule has 0 aromatic carbocycles. The Labute approximate surface area is 42.1 Å². The van der Waals surface area contributed by atoms with Gasteiger partial charge < -0.3 is 0 Å². The van der Waals surface area contributed by atoms with E-state index in [1.165, 1.54) is 0 Å². The summed E-state index contributed by atoms with van der Waals surface area (Å²) in [5, 5.41) is 0. The standard InChI is InChI=1S/Al.2O.Ru.H. The molecule has 0 N–H and O–H groups in total. The van der Waals surface area contributed by atoms with Crippen LogP contribution >= 0.6 is 0 Å². The van der Waals surface area contributed by atoms with Crippen molar-refractivity contribution in [3.63, 3.8) is 0 Å². The Morgan fingerprint density at radius 2 is 1.25 bits per heavy atom. The Kier molecular flexibility index (Phi) is 110. The Morgan fingerprint density at radius 1 is 1.25 bits per heavy atom. The normalized spacial score (nSPS) is 2.00.